The third-order valence-corrected chi connectivity index (χ3v) is 3.91. The van der Waals surface area contributed by atoms with Gasteiger partial charge in [0.1, 0.15) is 5.82 Å². The van der Waals surface area contributed by atoms with Crippen molar-refractivity contribution in [3.05, 3.63) is 34.1 Å². The van der Waals surface area contributed by atoms with Crippen molar-refractivity contribution in [2.24, 2.45) is 5.92 Å². The predicted molar refractivity (Wildman–Crippen MR) is 74.7 cm³/mol. The van der Waals surface area contributed by atoms with Gasteiger partial charge in [-0.1, -0.05) is 32.9 Å². The Morgan fingerprint density at radius 3 is 2.47 bits per heavy atom. The summed E-state index contributed by atoms with van der Waals surface area (Å²) in [5.74, 6) is 0.287. The van der Waals surface area contributed by atoms with Gasteiger partial charge in [-0.15, -0.1) is 0 Å². The van der Waals surface area contributed by atoms with Crippen molar-refractivity contribution in [2.45, 2.75) is 46.2 Å². The van der Waals surface area contributed by atoms with E-state index in [1.54, 1.807) is 6.07 Å². The lowest BCUT2D eigenvalue weighted by molar-refractivity contribution is 0.371. The van der Waals surface area contributed by atoms with Gasteiger partial charge in [-0.3, -0.25) is 0 Å². The lowest BCUT2D eigenvalue weighted by atomic mass is 9.94. The van der Waals surface area contributed by atoms with Gasteiger partial charge in [-0.25, -0.2) is 4.39 Å². The summed E-state index contributed by atoms with van der Waals surface area (Å²) in [6, 6.07) is 6.12. The van der Waals surface area contributed by atoms with Crippen LogP contribution in [0.5, 0.6) is 0 Å². The van der Waals surface area contributed by atoms with E-state index in [1.807, 2.05) is 6.07 Å². The summed E-state index contributed by atoms with van der Waals surface area (Å²) in [5.41, 5.74) is 1.04. The van der Waals surface area contributed by atoms with Gasteiger partial charge in [-0.05, 0) is 46.8 Å². The van der Waals surface area contributed by atoms with Crippen LogP contribution in [0.25, 0.3) is 0 Å². The molecule has 0 heterocycles. The molecule has 1 rings (SSSR count). The highest BCUT2D eigenvalue weighted by atomic mass is 79.9. The molecule has 1 nitrogen and oxygen atoms in total. The molecule has 96 valence electrons. The van der Waals surface area contributed by atoms with Crippen molar-refractivity contribution in [2.75, 3.05) is 0 Å². The molecule has 0 aliphatic heterocycles. The topological polar surface area (TPSA) is 12.0 Å². The molecule has 0 radical (unpaired) electrons. The Morgan fingerprint density at radius 2 is 1.88 bits per heavy atom. The van der Waals surface area contributed by atoms with Crippen LogP contribution in [0.1, 0.15) is 33.3 Å². The minimum Gasteiger partial charge on any atom is -0.312 e. The second kappa shape index (κ2) is 6.50. The maximum atomic E-state index is 13.4. The molecule has 0 aliphatic rings. The SMILES string of the molecule is CC(C)NC(C)C(C)Cc1cccc(F)c1Br. The first kappa shape index (κ1) is 14.7. The van der Waals surface area contributed by atoms with Crippen molar-refractivity contribution < 1.29 is 4.39 Å². The van der Waals surface area contributed by atoms with E-state index in [-0.39, 0.29) is 5.82 Å². The number of rotatable bonds is 5. The molecule has 0 fully saturated rings. The van der Waals surface area contributed by atoms with Crippen molar-refractivity contribution >= 4 is 15.9 Å². The smallest absolute Gasteiger partial charge is 0.137 e. The molecule has 0 bridgehead atoms. The van der Waals surface area contributed by atoms with Crippen LogP contribution in [0.4, 0.5) is 4.39 Å². The summed E-state index contributed by atoms with van der Waals surface area (Å²) in [7, 11) is 0. The summed E-state index contributed by atoms with van der Waals surface area (Å²) in [5, 5.41) is 3.49. The number of halogens is 2. The molecule has 0 aromatic heterocycles. The molecule has 0 saturated carbocycles. The molecule has 2 unspecified atom stereocenters. The summed E-state index contributed by atoms with van der Waals surface area (Å²) in [6.45, 7) is 8.65. The molecular weight excluding hydrogens is 281 g/mol. The van der Waals surface area contributed by atoms with E-state index >= 15 is 0 Å². The third-order valence-electron chi connectivity index (χ3n) is 3.02. The first-order valence-electron chi connectivity index (χ1n) is 6.10. The van der Waals surface area contributed by atoms with Gasteiger partial charge in [-0.2, -0.15) is 0 Å². The van der Waals surface area contributed by atoms with E-state index < -0.39 is 0 Å². The molecule has 17 heavy (non-hydrogen) atoms. The number of hydrogen-bond donors (Lipinski definition) is 1. The van der Waals surface area contributed by atoms with Gasteiger partial charge >= 0.3 is 0 Å². The highest BCUT2D eigenvalue weighted by molar-refractivity contribution is 9.10. The Balaban J connectivity index is 2.67. The van der Waals surface area contributed by atoms with Crippen LogP contribution >= 0.6 is 15.9 Å². The van der Waals surface area contributed by atoms with Crippen LogP contribution in [-0.4, -0.2) is 12.1 Å². The molecule has 0 aliphatic carbocycles. The van der Waals surface area contributed by atoms with Crippen LogP contribution in [0.3, 0.4) is 0 Å². The normalized spacial score (nSPS) is 15.0. The van der Waals surface area contributed by atoms with Crippen LogP contribution < -0.4 is 5.32 Å². The molecule has 0 spiro atoms. The summed E-state index contributed by atoms with van der Waals surface area (Å²) in [4.78, 5) is 0. The molecule has 0 saturated heterocycles. The maximum Gasteiger partial charge on any atom is 0.137 e. The molecule has 1 aromatic carbocycles. The summed E-state index contributed by atoms with van der Waals surface area (Å²) in [6.07, 6.45) is 0.874. The third kappa shape index (κ3) is 4.40. The van der Waals surface area contributed by atoms with Gasteiger partial charge in [0, 0.05) is 12.1 Å². The Hall–Kier alpha value is -0.410. The van der Waals surface area contributed by atoms with Gasteiger partial charge in [0.2, 0.25) is 0 Å². The molecule has 1 N–H and O–H groups in total. The van der Waals surface area contributed by atoms with Crippen LogP contribution in [0, 0.1) is 11.7 Å². The van der Waals surface area contributed by atoms with Gasteiger partial charge in [0.25, 0.3) is 0 Å². The minimum absolute atomic E-state index is 0.181. The van der Waals surface area contributed by atoms with Crippen molar-refractivity contribution in [3.63, 3.8) is 0 Å². The molecule has 3 heteroatoms. The summed E-state index contributed by atoms with van der Waals surface area (Å²) < 4.78 is 14.0. The quantitative estimate of drug-likeness (QED) is 0.861. The van der Waals surface area contributed by atoms with Gasteiger partial charge in [0.15, 0.2) is 0 Å². The highest BCUT2D eigenvalue weighted by Gasteiger charge is 2.15. The summed E-state index contributed by atoms with van der Waals surface area (Å²) >= 11 is 3.31. The fourth-order valence-electron chi connectivity index (χ4n) is 1.92. The first-order valence-corrected chi connectivity index (χ1v) is 6.90. The van der Waals surface area contributed by atoms with Crippen LogP contribution in [-0.2, 0) is 6.42 Å². The van der Waals surface area contributed by atoms with E-state index in [4.69, 9.17) is 0 Å². The predicted octanol–water partition coefficient (Wildman–Crippen LogP) is 4.15. The Morgan fingerprint density at radius 1 is 1.24 bits per heavy atom. The zero-order valence-electron chi connectivity index (χ0n) is 10.9. The molecule has 0 amide bonds. The monoisotopic (exact) mass is 301 g/mol. The zero-order valence-corrected chi connectivity index (χ0v) is 12.5. The number of hydrogen-bond acceptors (Lipinski definition) is 1. The lowest BCUT2D eigenvalue weighted by Crippen LogP contribution is -2.37. The second-order valence-corrected chi connectivity index (χ2v) is 5.80. The molecule has 1 aromatic rings. The van der Waals surface area contributed by atoms with E-state index in [2.05, 4.69) is 48.9 Å². The largest absolute Gasteiger partial charge is 0.312 e. The molecule has 2 atom stereocenters. The Kier molecular flexibility index (Phi) is 5.60. The van der Waals surface area contributed by atoms with Gasteiger partial charge in [0.05, 0.1) is 4.47 Å². The van der Waals surface area contributed by atoms with Gasteiger partial charge < -0.3 is 5.32 Å². The highest BCUT2D eigenvalue weighted by Crippen LogP contribution is 2.24. The fraction of sp³-hybridized carbons (Fsp3) is 0.571. The number of benzene rings is 1. The van der Waals surface area contributed by atoms with E-state index in [9.17, 15) is 4.39 Å². The Bertz CT molecular complexity index is 365. The van der Waals surface area contributed by atoms with E-state index in [0.717, 1.165) is 12.0 Å². The average molecular weight is 302 g/mol. The molecular formula is C14H21BrFN. The average Bonchev–Trinajstić information content (AvgIpc) is 2.23. The van der Waals surface area contributed by atoms with Crippen molar-refractivity contribution in [1.82, 2.24) is 5.32 Å². The maximum absolute atomic E-state index is 13.4. The van der Waals surface area contributed by atoms with Crippen molar-refractivity contribution in [1.29, 1.82) is 0 Å². The first-order chi connectivity index (χ1) is 7.91. The van der Waals surface area contributed by atoms with Crippen LogP contribution in [0.2, 0.25) is 0 Å². The second-order valence-electron chi connectivity index (χ2n) is 5.00. The lowest BCUT2D eigenvalue weighted by Gasteiger charge is -2.24. The Labute approximate surface area is 112 Å². The van der Waals surface area contributed by atoms with E-state index in [0.29, 0.717) is 22.5 Å². The van der Waals surface area contributed by atoms with Crippen molar-refractivity contribution in [3.8, 4) is 0 Å². The van der Waals surface area contributed by atoms with E-state index in [1.165, 1.54) is 6.07 Å². The number of nitrogens with one attached hydrogen (secondary N) is 1. The minimum atomic E-state index is -0.181. The zero-order chi connectivity index (χ0) is 13.0. The fourth-order valence-corrected chi connectivity index (χ4v) is 2.35. The van der Waals surface area contributed by atoms with Crippen LogP contribution in [0.15, 0.2) is 22.7 Å². The standard InChI is InChI=1S/C14H21BrFN/c1-9(2)17-11(4)10(3)8-12-6-5-7-13(16)14(12)15/h5-7,9-11,17H,8H2,1-4H3.